The van der Waals surface area contributed by atoms with Crippen LogP contribution in [0.15, 0.2) is 41.4 Å². The van der Waals surface area contributed by atoms with Crippen molar-refractivity contribution in [3.63, 3.8) is 0 Å². The molecule has 7 heteroatoms. The summed E-state index contributed by atoms with van der Waals surface area (Å²) in [6, 6.07) is 6.66. The van der Waals surface area contributed by atoms with E-state index in [9.17, 15) is 12.8 Å². The van der Waals surface area contributed by atoms with Gasteiger partial charge in [0.05, 0.1) is 0 Å². The fourth-order valence-corrected chi connectivity index (χ4v) is 2.58. The van der Waals surface area contributed by atoms with Crippen LogP contribution in [-0.2, 0) is 10.0 Å². The molecule has 0 spiro atoms. The molecule has 0 aliphatic heterocycles. The Hall–Kier alpha value is -2.15. The van der Waals surface area contributed by atoms with Gasteiger partial charge in [0.15, 0.2) is 0 Å². The summed E-state index contributed by atoms with van der Waals surface area (Å²) in [5, 5.41) is 0. The summed E-state index contributed by atoms with van der Waals surface area (Å²) in [5.41, 5.74) is 6.37. The highest BCUT2D eigenvalue weighted by atomic mass is 32.2. The van der Waals surface area contributed by atoms with E-state index in [0.717, 1.165) is 17.7 Å². The van der Waals surface area contributed by atoms with E-state index in [2.05, 4.69) is 9.71 Å². The van der Waals surface area contributed by atoms with Crippen LogP contribution in [0.25, 0.3) is 0 Å². The molecule has 2 rings (SSSR count). The Kier molecular flexibility index (Phi) is 3.39. The van der Waals surface area contributed by atoms with E-state index in [1.807, 2.05) is 0 Å². The molecule has 3 N–H and O–H groups in total. The predicted octanol–water partition coefficient (Wildman–Crippen LogP) is 1.91. The second-order valence-electron chi connectivity index (χ2n) is 4.01. The lowest BCUT2D eigenvalue weighted by atomic mass is 10.3. The van der Waals surface area contributed by atoms with Gasteiger partial charge in [0, 0.05) is 11.9 Å². The van der Waals surface area contributed by atoms with Crippen LogP contribution < -0.4 is 10.5 Å². The third kappa shape index (κ3) is 3.00. The number of nitrogens with one attached hydrogen (secondary N) is 1. The maximum atomic E-state index is 13.6. The first-order valence-electron chi connectivity index (χ1n) is 5.39. The minimum absolute atomic E-state index is 0.135. The average Bonchev–Trinajstić information content (AvgIpc) is 2.27. The minimum Gasteiger partial charge on any atom is -0.399 e. The van der Waals surface area contributed by atoms with Crippen molar-refractivity contribution in [3.05, 3.63) is 47.9 Å². The summed E-state index contributed by atoms with van der Waals surface area (Å²) in [6.07, 6.45) is 1.46. The van der Waals surface area contributed by atoms with E-state index < -0.39 is 20.7 Å². The maximum absolute atomic E-state index is 13.6. The first-order valence-corrected chi connectivity index (χ1v) is 6.87. The van der Waals surface area contributed by atoms with E-state index in [0.29, 0.717) is 0 Å². The molecule has 1 aromatic carbocycles. The van der Waals surface area contributed by atoms with Gasteiger partial charge in [-0.3, -0.25) is 4.72 Å². The average molecular weight is 281 g/mol. The first kappa shape index (κ1) is 13.3. The number of pyridine rings is 1. The van der Waals surface area contributed by atoms with Crippen molar-refractivity contribution in [3.8, 4) is 0 Å². The molecule has 2 aromatic rings. The predicted molar refractivity (Wildman–Crippen MR) is 70.6 cm³/mol. The number of hydrogen-bond acceptors (Lipinski definition) is 4. The molecule has 0 aliphatic rings. The van der Waals surface area contributed by atoms with Gasteiger partial charge < -0.3 is 5.73 Å². The molecule has 0 unspecified atom stereocenters. The zero-order valence-corrected chi connectivity index (χ0v) is 10.9. The van der Waals surface area contributed by atoms with Gasteiger partial charge in [-0.15, -0.1) is 0 Å². The van der Waals surface area contributed by atoms with Gasteiger partial charge in [-0.1, -0.05) is 0 Å². The van der Waals surface area contributed by atoms with Crippen molar-refractivity contribution in [2.24, 2.45) is 0 Å². The van der Waals surface area contributed by atoms with Crippen LogP contribution in [0.5, 0.6) is 0 Å². The second kappa shape index (κ2) is 4.85. The van der Waals surface area contributed by atoms with E-state index in [-0.39, 0.29) is 11.5 Å². The van der Waals surface area contributed by atoms with Crippen molar-refractivity contribution in [2.45, 2.75) is 11.8 Å². The molecule has 1 heterocycles. The van der Waals surface area contributed by atoms with Gasteiger partial charge in [-0.05, 0) is 42.8 Å². The van der Waals surface area contributed by atoms with Gasteiger partial charge in [0.25, 0.3) is 10.0 Å². The third-order valence-corrected chi connectivity index (χ3v) is 3.79. The smallest absolute Gasteiger partial charge is 0.265 e. The fraction of sp³-hybridized carbons (Fsp3) is 0.0833. The Balaban J connectivity index is 2.38. The fourth-order valence-electron chi connectivity index (χ4n) is 1.52. The number of rotatable bonds is 3. The molecule has 0 radical (unpaired) electrons. The Morgan fingerprint density at radius 3 is 2.63 bits per heavy atom. The molecule has 0 saturated heterocycles. The zero-order chi connectivity index (χ0) is 14.0. The van der Waals surface area contributed by atoms with Gasteiger partial charge in [0.1, 0.15) is 16.5 Å². The Morgan fingerprint density at radius 2 is 2.00 bits per heavy atom. The van der Waals surface area contributed by atoms with Gasteiger partial charge in [-0.25, -0.2) is 17.8 Å². The minimum atomic E-state index is -4.02. The number of anilines is 2. The number of benzene rings is 1. The molecule has 0 saturated carbocycles. The highest BCUT2D eigenvalue weighted by molar-refractivity contribution is 7.92. The van der Waals surface area contributed by atoms with Crippen molar-refractivity contribution in [1.82, 2.24) is 4.98 Å². The van der Waals surface area contributed by atoms with Crippen LogP contribution in [0, 0.1) is 12.7 Å². The number of aromatic nitrogens is 1. The monoisotopic (exact) mass is 281 g/mol. The van der Waals surface area contributed by atoms with Gasteiger partial charge in [-0.2, -0.15) is 0 Å². The summed E-state index contributed by atoms with van der Waals surface area (Å²) in [7, 11) is -4.02. The lowest BCUT2D eigenvalue weighted by Gasteiger charge is -2.08. The van der Waals surface area contributed by atoms with Crippen LogP contribution in [0.1, 0.15) is 5.56 Å². The largest absolute Gasteiger partial charge is 0.399 e. The van der Waals surface area contributed by atoms with E-state index >= 15 is 0 Å². The second-order valence-corrected chi connectivity index (χ2v) is 5.66. The Morgan fingerprint density at radius 1 is 1.26 bits per heavy atom. The molecule has 100 valence electrons. The van der Waals surface area contributed by atoms with Crippen LogP contribution in [-0.4, -0.2) is 13.4 Å². The number of hydrogen-bond donors (Lipinski definition) is 2. The number of nitrogens with two attached hydrogens (primary N) is 1. The van der Waals surface area contributed by atoms with Crippen molar-refractivity contribution in [1.29, 1.82) is 0 Å². The zero-order valence-electron chi connectivity index (χ0n) is 10.1. The summed E-state index contributed by atoms with van der Waals surface area (Å²) >= 11 is 0. The summed E-state index contributed by atoms with van der Waals surface area (Å²) < 4.78 is 39.9. The van der Waals surface area contributed by atoms with Crippen LogP contribution in [0.2, 0.25) is 0 Å². The van der Waals surface area contributed by atoms with E-state index in [4.69, 9.17) is 5.73 Å². The number of aryl methyl sites for hydroxylation is 1. The van der Waals surface area contributed by atoms with E-state index in [1.165, 1.54) is 12.3 Å². The first-order chi connectivity index (χ1) is 8.88. The molecule has 0 amide bonds. The molecular formula is C12H12FN3O2S. The molecule has 0 atom stereocenters. The van der Waals surface area contributed by atoms with E-state index in [1.54, 1.807) is 19.1 Å². The highest BCUT2D eigenvalue weighted by Gasteiger charge is 2.19. The molecule has 0 aliphatic carbocycles. The molecule has 1 aromatic heterocycles. The number of nitrogens with zero attached hydrogens (tertiary/aromatic N) is 1. The SMILES string of the molecule is Cc1ccnc(NS(=O)(=O)c2ccc(N)cc2F)c1. The topological polar surface area (TPSA) is 85.1 Å². The molecule has 0 fully saturated rings. The van der Waals surface area contributed by atoms with Crippen molar-refractivity contribution >= 4 is 21.5 Å². The standard InChI is InChI=1S/C12H12FN3O2S/c1-8-4-5-15-12(6-8)16-19(17,18)11-3-2-9(14)7-10(11)13/h2-7H,14H2,1H3,(H,15,16). The summed E-state index contributed by atoms with van der Waals surface area (Å²) in [6.45, 7) is 1.79. The van der Waals surface area contributed by atoms with Crippen LogP contribution in [0.3, 0.4) is 0 Å². The molecule has 0 bridgehead atoms. The Bertz CT molecular complexity index is 717. The summed E-state index contributed by atoms with van der Waals surface area (Å²) in [4.78, 5) is 3.39. The number of nitrogen functional groups attached to an aromatic ring is 1. The van der Waals surface area contributed by atoms with Gasteiger partial charge >= 0.3 is 0 Å². The lowest BCUT2D eigenvalue weighted by molar-refractivity contribution is 0.570. The van der Waals surface area contributed by atoms with Crippen molar-refractivity contribution < 1.29 is 12.8 Å². The van der Waals surface area contributed by atoms with Crippen LogP contribution >= 0.6 is 0 Å². The van der Waals surface area contributed by atoms with Crippen molar-refractivity contribution in [2.75, 3.05) is 10.5 Å². The Labute approximate surface area is 110 Å². The lowest BCUT2D eigenvalue weighted by Crippen LogP contribution is -2.15. The molecule has 19 heavy (non-hydrogen) atoms. The summed E-state index contributed by atoms with van der Waals surface area (Å²) in [5.74, 6) is -0.767. The maximum Gasteiger partial charge on any atom is 0.265 e. The molecule has 5 nitrogen and oxygen atoms in total. The molecular weight excluding hydrogens is 269 g/mol. The number of halogens is 1. The van der Waals surface area contributed by atoms with Gasteiger partial charge in [0.2, 0.25) is 0 Å². The normalized spacial score (nSPS) is 11.3. The highest BCUT2D eigenvalue weighted by Crippen LogP contribution is 2.20. The quantitative estimate of drug-likeness (QED) is 0.842. The van der Waals surface area contributed by atoms with Crippen LogP contribution in [0.4, 0.5) is 15.9 Å². The number of sulfonamides is 1. The third-order valence-electron chi connectivity index (χ3n) is 2.40.